The summed E-state index contributed by atoms with van der Waals surface area (Å²) in [6, 6.07) is 21.0. The molecule has 1 aliphatic heterocycles. The summed E-state index contributed by atoms with van der Waals surface area (Å²) in [6.45, 7) is 8.07. The van der Waals surface area contributed by atoms with Gasteiger partial charge in [-0.1, -0.05) is 61.7 Å². The molecule has 0 radical (unpaired) electrons. The molecule has 4 aromatic carbocycles. The van der Waals surface area contributed by atoms with E-state index in [1.807, 2.05) is 24.3 Å². The molecule has 132 valence electrons. The summed E-state index contributed by atoms with van der Waals surface area (Å²) in [4.78, 5) is 0. The molecule has 0 atom stereocenters. The molecule has 0 saturated carbocycles. The zero-order valence-electron chi connectivity index (χ0n) is 15.3. The highest BCUT2D eigenvalue weighted by Crippen LogP contribution is 2.51. The molecule has 0 bridgehead atoms. The van der Waals surface area contributed by atoms with E-state index in [1.165, 1.54) is 21.9 Å². The first-order valence-electron chi connectivity index (χ1n) is 9.36. The van der Waals surface area contributed by atoms with Gasteiger partial charge in [-0.15, -0.1) is 0 Å². The number of nitrogens with one attached hydrogen (secondary N) is 1. The molecule has 0 amide bonds. The van der Waals surface area contributed by atoms with Gasteiger partial charge in [-0.25, -0.2) is 0 Å². The molecular formula is C26H17NO. The minimum atomic E-state index is 0.899. The molecule has 6 rings (SSSR count). The molecular weight excluding hydrogens is 342 g/mol. The van der Waals surface area contributed by atoms with Crippen LogP contribution in [0.5, 0.6) is 0 Å². The third-order valence-corrected chi connectivity index (χ3v) is 5.73. The van der Waals surface area contributed by atoms with Crippen molar-refractivity contribution < 1.29 is 4.42 Å². The van der Waals surface area contributed by atoms with Crippen LogP contribution in [0.15, 0.2) is 78.2 Å². The summed E-state index contributed by atoms with van der Waals surface area (Å²) in [7, 11) is 0. The molecule has 28 heavy (non-hydrogen) atoms. The van der Waals surface area contributed by atoms with Crippen molar-refractivity contribution >= 4 is 56.2 Å². The first-order valence-corrected chi connectivity index (χ1v) is 9.36. The smallest absolute Gasteiger partial charge is 0.136 e. The van der Waals surface area contributed by atoms with Crippen LogP contribution in [0.4, 0.5) is 11.4 Å². The van der Waals surface area contributed by atoms with Crippen molar-refractivity contribution in [3.63, 3.8) is 0 Å². The fourth-order valence-corrected chi connectivity index (χ4v) is 4.56. The third-order valence-electron chi connectivity index (χ3n) is 5.73. The number of para-hydroxylation sites is 2. The summed E-state index contributed by atoms with van der Waals surface area (Å²) in [5, 5.41) is 8.27. The van der Waals surface area contributed by atoms with E-state index in [4.69, 9.17) is 4.42 Å². The molecule has 0 fully saturated rings. The Labute approximate surface area is 162 Å². The minimum absolute atomic E-state index is 0.899. The lowest BCUT2D eigenvalue weighted by Crippen LogP contribution is -2.03. The van der Waals surface area contributed by atoms with E-state index in [0.29, 0.717) is 0 Å². The first-order chi connectivity index (χ1) is 13.8. The third kappa shape index (κ3) is 1.82. The summed E-state index contributed by atoms with van der Waals surface area (Å²) < 4.78 is 6.27. The van der Waals surface area contributed by atoms with Crippen molar-refractivity contribution in [3.05, 3.63) is 84.9 Å². The van der Waals surface area contributed by atoms with Crippen LogP contribution in [0, 0.1) is 0 Å². The number of anilines is 2. The average molecular weight is 359 g/mol. The van der Waals surface area contributed by atoms with Crippen LogP contribution in [0.2, 0.25) is 0 Å². The molecule has 1 N–H and O–H groups in total. The van der Waals surface area contributed by atoms with E-state index >= 15 is 0 Å². The second-order valence-electron chi connectivity index (χ2n) is 7.15. The van der Waals surface area contributed by atoms with Gasteiger partial charge in [-0.2, -0.15) is 0 Å². The number of fused-ring (bicyclic) bond motifs is 6. The highest BCUT2D eigenvalue weighted by molar-refractivity contribution is 6.27. The van der Waals surface area contributed by atoms with Gasteiger partial charge in [0.25, 0.3) is 0 Å². The van der Waals surface area contributed by atoms with Gasteiger partial charge in [0, 0.05) is 38.7 Å². The molecule has 5 aromatic rings. The van der Waals surface area contributed by atoms with Crippen LogP contribution in [0.3, 0.4) is 0 Å². The van der Waals surface area contributed by atoms with Gasteiger partial charge in [0.2, 0.25) is 0 Å². The van der Waals surface area contributed by atoms with E-state index < -0.39 is 0 Å². The van der Waals surface area contributed by atoms with Crippen LogP contribution >= 0.6 is 0 Å². The lowest BCUT2D eigenvalue weighted by Gasteiger charge is -2.25. The maximum absolute atomic E-state index is 6.27. The summed E-state index contributed by atoms with van der Waals surface area (Å²) in [5.41, 5.74) is 8.57. The van der Waals surface area contributed by atoms with Gasteiger partial charge in [0.05, 0.1) is 0 Å². The van der Waals surface area contributed by atoms with Crippen LogP contribution in [-0.2, 0) is 0 Å². The fraction of sp³-hybridized carbons (Fsp3) is 0. The average Bonchev–Trinajstić information content (AvgIpc) is 3.11. The van der Waals surface area contributed by atoms with Gasteiger partial charge in [-0.05, 0) is 40.8 Å². The Balaban J connectivity index is 1.97. The number of benzene rings is 4. The molecule has 2 heteroatoms. The Morgan fingerprint density at radius 1 is 0.750 bits per heavy atom. The van der Waals surface area contributed by atoms with Crippen molar-refractivity contribution in [3.8, 4) is 11.1 Å². The van der Waals surface area contributed by atoms with Gasteiger partial charge in [0.15, 0.2) is 0 Å². The number of hydrogen-bond donors (Lipinski definition) is 1. The number of rotatable bonds is 2. The Morgan fingerprint density at radius 3 is 2.43 bits per heavy atom. The second-order valence-corrected chi connectivity index (χ2v) is 7.15. The topological polar surface area (TPSA) is 25.2 Å². The SMILES string of the molecule is C=Cc1cc2c3c(c4c(cc3c1C=C)oc1ccccc14)-c1ccccc1N2. The Kier molecular flexibility index (Phi) is 2.93. The zero-order valence-corrected chi connectivity index (χ0v) is 15.3. The van der Waals surface area contributed by atoms with Crippen molar-refractivity contribution in [1.82, 2.24) is 0 Å². The summed E-state index contributed by atoms with van der Waals surface area (Å²) in [6.07, 6.45) is 3.80. The van der Waals surface area contributed by atoms with Crippen LogP contribution in [-0.4, -0.2) is 0 Å². The predicted octanol–water partition coefficient (Wildman–Crippen LogP) is 7.75. The molecule has 1 aromatic heterocycles. The van der Waals surface area contributed by atoms with Gasteiger partial charge in [0.1, 0.15) is 11.2 Å². The standard InChI is InChI=1S/C26H17NO/c1-3-15-13-21-24-19(16(15)4-2)14-23-25(18-10-6-8-12-22(18)28-23)26(24)17-9-5-7-11-20(17)27-21/h3-14,27H,1-2H2. The molecule has 0 aliphatic carbocycles. The highest BCUT2D eigenvalue weighted by atomic mass is 16.3. The number of hydrogen-bond acceptors (Lipinski definition) is 2. The quantitative estimate of drug-likeness (QED) is 0.342. The highest BCUT2D eigenvalue weighted by Gasteiger charge is 2.25. The summed E-state index contributed by atoms with van der Waals surface area (Å²) >= 11 is 0. The zero-order chi connectivity index (χ0) is 18.8. The maximum Gasteiger partial charge on any atom is 0.136 e. The van der Waals surface area contributed by atoms with Gasteiger partial charge < -0.3 is 9.73 Å². The normalized spacial score (nSPS) is 12.1. The van der Waals surface area contributed by atoms with E-state index in [9.17, 15) is 0 Å². The van der Waals surface area contributed by atoms with Gasteiger partial charge in [-0.3, -0.25) is 0 Å². The van der Waals surface area contributed by atoms with Crippen molar-refractivity contribution in [2.24, 2.45) is 0 Å². The van der Waals surface area contributed by atoms with E-state index in [2.05, 4.69) is 67.0 Å². The van der Waals surface area contributed by atoms with E-state index in [1.54, 1.807) is 0 Å². The Morgan fingerprint density at radius 2 is 1.57 bits per heavy atom. The molecule has 2 heterocycles. The van der Waals surface area contributed by atoms with Crippen molar-refractivity contribution in [2.45, 2.75) is 0 Å². The summed E-state index contributed by atoms with van der Waals surface area (Å²) in [5.74, 6) is 0. The Bertz CT molecular complexity index is 1470. The lowest BCUT2D eigenvalue weighted by molar-refractivity contribution is 0.669. The monoisotopic (exact) mass is 359 g/mol. The molecule has 0 unspecified atom stereocenters. The van der Waals surface area contributed by atoms with E-state index in [0.717, 1.165) is 44.4 Å². The van der Waals surface area contributed by atoms with Crippen molar-refractivity contribution in [2.75, 3.05) is 5.32 Å². The second kappa shape index (κ2) is 5.37. The lowest BCUT2D eigenvalue weighted by atomic mass is 9.86. The van der Waals surface area contributed by atoms with Gasteiger partial charge >= 0.3 is 0 Å². The largest absolute Gasteiger partial charge is 0.456 e. The van der Waals surface area contributed by atoms with Crippen LogP contribution in [0.1, 0.15) is 11.1 Å². The first kappa shape index (κ1) is 15.3. The van der Waals surface area contributed by atoms with Crippen LogP contribution in [0.25, 0.3) is 56.0 Å². The Hall–Kier alpha value is -3.78. The molecule has 0 saturated heterocycles. The predicted molar refractivity (Wildman–Crippen MR) is 120 cm³/mol. The number of furan rings is 1. The molecule has 2 nitrogen and oxygen atoms in total. The fourth-order valence-electron chi connectivity index (χ4n) is 4.56. The minimum Gasteiger partial charge on any atom is -0.456 e. The van der Waals surface area contributed by atoms with E-state index in [-0.39, 0.29) is 0 Å². The maximum atomic E-state index is 6.27. The van der Waals surface area contributed by atoms with Crippen molar-refractivity contribution in [1.29, 1.82) is 0 Å². The van der Waals surface area contributed by atoms with Crippen LogP contribution < -0.4 is 5.32 Å². The molecule has 1 aliphatic rings. The molecule has 0 spiro atoms.